The molecule has 1 amide bonds. The summed E-state index contributed by atoms with van der Waals surface area (Å²) in [6.07, 6.45) is 0.688. The van der Waals surface area contributed by atoms with Crippen LogP contribution in [-0.4, -0.2) is 43.4 Å². The van der Waals surface area contributed by atoms with E-state index < -0.39 is 17.8 Å². The lowest BCUT2D eigenvalue weighted by Gasteiger charge is -2.24. The average Bonchev–Trinajstić information content (AvgIpc) is 3.15. The number of aliphatic carboxylic acids is 1. The highest BCUT2D eigenvalue weighted by Gasteiger charge is 2.55. The second-order valence-electron chi connectivity index (χ2n) is 5.74. The van der Waals surface area contributed by atoms with Gasteiger partial charge >= 0.3 is 5.97 Å². The molecule has 0 spiro atoms. The van der Waals surface area contributed by atoms with Gasteiger partial charge in [0.15, 0.2) is 0 Å². The zero-order valence-corrected chi connectivity index (χ0v) is 12.9. The van der Waals surface area contributed by atoms with Crippen molar-refractivity contribution in [3.8, 4) is 11.5 Å². The van der Waals surface area contributed by atoms with Gasteiger partial charge < -0.3 is 24.6 Å². The van der Waals surface area contributed by atoms with Gasteiger partial charge in [-0.1, -0.05) is 0 Å². The first-order chi connectivity index (χ1) is 11.0. The summed E-state index contributed by atoms with van der Waals surface area (Å²) in [5, 5.41) is 12.2. The number of carboxylic acids is 1. The summed E-state index contributed by atoms with van der Waals surface area (Å²) >= 11 is 0. The van der Waals surface area contributed by atoms with Crippen molar-refractivity contribution in [2.45, 2.75) is 25.0 Å². The fourth-order valence-corrected chi connectivity index (χ4v) is 3.45. The van der Waals surface area contributed by atoms with E-state index in [9.17, 15) is 14.7 Å². The molecule has 0 unspecified atom stereocenters. The predicted octanol–water partition coefficient (Wildman–Crippen LogP) is 1.52. The van der Waals surface area contributed by atoms with Gasteiger partial charge in [-0.15, -0.1) is 0 Å². The molecule has 2 N–H and O–H groups in total. The maximum absolute atomic E-state index is 12.6. The maximum atomic E-state index is 12.6. The van der Waals surface area contributed by atoms with E-state index in [2.05, 4.69) is 5.32 Å². The Hall–Kier alpha value is -2.28. The number of carbonyl (C=O) groups excluding carboxylic acids is 1. The normalized spacial score (nSPS) is 28.4. The number of benzene rings is 1. The Labute approximate surface area is 133 Å². The number of rotatable bonds is 5. The molecule has 4 atom stereocenters. The number of fused-ring (bicyclic) bond motifs is 2. The molecule has 7 nitrogen and oxygen atoms in total. The molecule has 3 rings (SSSR count). The Balaban J connectivity index is 1.83. The summed E-state index contributed by atoms with van der Waals surface area (Å²) < 4.78 is 16.0. The third kappa shape index (κ3) is 2.72. The topological polar surface area (TPSA) is 94.1 Å². The predicted molar refractivity (Wildman–Crippen MR) is 80.7 cm³/mol. The van der Waals surface area contributed by atoms with Crippen molar-refractivity contribution >= 4 is 17.6 Å². The maximum Gasteiger partial charge on any atom is 0.310 e. The van der Waals surface area contributed by atoms with Gasteiger partial charge in [0.25, 0.3) is 0 Å². The number of carbonyl (C=O) groups is 2. The van der Waals surface area contributed by atoms with E-state index in [1.54, 1.807) is 18.2 Å². The monoisotopic (exact) mass is 321 g/mol. The zero-order valence-electron chi connectivity index (χ0n) is 12.9. The summed E-state index contributed by atoms with van der Waals surface area (Å²) in [5.41, 5.74) is 0.448. The van der Waals surface area contributed by atoms with Gasteiger partial charge in [0.05, 0.1) is 44.0 Å². The molecule has 2 aliphatic rings. The van der Waals surface area contributed by atoms with Crippen molar-refractivity contribution in [1.29, 1.82) is 0 Å². The van der Waals surface area contributed by atoms with Crippen molar-refractivity contribution in [1.82, 2.24) is 0 Å². The number of methoxy groups -OCH3 is 2. The number of hydrogen-bond donors (Lipinski definition) is 2. The van der Waals surface area contributed by atoms with Crippen molar-refractivity contribution in [3.63, 3.8) is 0 Å². The van der Waals surface area contributed by atoms with Crippen molar-refractivity contribution in [2.24, 2.45) is 11.8 Å². The van der Waals surface area contributed by atoms with Gasteiger partial charge in [-0.2, -0.15) is 0 Å². The van der Waals surface area contributed by atoms with Crippen LogP contribution in [0.3, 0.4) is 0 Å². The lowest BCUT2D eigenvalue weighted by atomic mass is 9.78. The molecule has 2 aliphatic heterocycles. The molecule has 124 valence electrons. The highest BCUT2D eigenvalue weighted by atomic mass is 16.5. The minimum absolute atomic E-state index is 0.335. The highest BCUT2D eigenvalue weighted by molar-refractivity contribution is 5.97. The Morgan fingerprint density at radius 1 is 1.17 bits per heavy atom. The quantitative estimate of drug-likeness (QED) is 0.854. The van der Waals surface area contributed by atoms with E-state index in [1.807, 2.05) is 0 Å². The molecule has 2 heterocycles. The van der Waals surface area contributed by atoms with E-state index in [0.29, 0.717) is 30.0 Å². The van der Waals surface area contributed by atoms with Gasteiger partial charge in [-0.3, -0.25) is 9.59 Å². The second kappa shape index (κ2) is 6.08. The molecule has 0 aromatic heterocycles. The molecule has 0 radical (unpaired) electrons. The van der Waals surface area contributed by atoms with Crippen LogP contribution >= 0.6 is 0 Å². The van der Waals surface area contributed by atoms with Crippen LogP contribution in [0, 0.1) is 11.8 Å². The number of anilines is 1. The van der Waals surface area contributed by atoms with Crippen LogP contribution in [0.2, 0.25) is 0 Å². The van der Waals surface area contributed by atoms with E-state index in [-0.39, 0.29) is 18.1 Å². The van der Waals surface area contributed by atoms with Crippen LogP contribution in [0.15, 0.2) is 18.2 Å². The van der Waals surface area contributed by atoms with E-state index in [0.717, 1.165) is 0 Å². The van der Waals surface area contributed by atoms with Gasteiger partial charge in [0.2, 0.25) is 5.91 Å². The molecule has 0 aliphatic carbocycles. The van der Waals surface area contributed by atoms with Gasteiger partial charge in [0, 0.05) is 6.07 Å². The average molecular weight is 321 g/mol. The summed E-state index contributed by atoms with van der Waals surface area (Å²) in [7, 11) is 3.02. The van der Waals surface area contributed by atoms with Crippen LogP contribution in [0.1, 0.15) is 12.8 Å². The molecule has 1 aromatic carbocycles. The van der Waals surface area contributed by atoms with Crippen LogP contribution in [0.5, 0.6) is 11.5 Å². The smallest absolute Gasteiger partial charge is 0.310 e. The first kappa shape index (κ1) is 15.6. The van der Waals surface area contributed by atoms with Crippen LogP contribution < -0.4 is 14.8 Å². The Morgan fingerprint density at radius 3 is 2.48 bits per heavy atom. The first-order valence-electron chi connectivity index (χ1n) is 7.46. The fourth-order valence-electron chi connectivity index (χ4n) is 3.45. The number of ether oxygens (including phenoxy) is 3. The Kier molecular flexibility index (Phi) is 4.12. The van der Waals surface area contributed by atoms with Gasteiger partial charge in [-0.05, 0) is 25.0 Å². The number of nitrogens with one attached hydrogen (secondary N) is 1. The Morgan fingerprint density at radius 2 is 1.87 bits per heavy atom. The molecule has 23 heavy (non-hydrogen) atoms. The fraction of sp³-hybridized carbons (Fsp3) is 0.500. The van der Waals surface area contributed by atoms with E-state index >= 15 is 0 Å². The minimum Gasteiger partial charge on any atom is -0.497 e. The van der Waals surface area contributed by atoms with Crippen molar-refractivity contribution in [3.05, 3.63) is 18.2 Å². The SMILES string of the molecule is COc1ccc(OC)c(NC(=O)[C@@H]2[C@@H](C(=O)O)[C@@H]3CC[C@H]2O3)c1. The molecule has 1 aromatic rings. The van der Waals surface area contributed by atoms with Gasteiger partial charge in [0.1, 0.15) is 11.5 Å². The third-order valence-electron chi connectivity index (χ3n) is 4.53. The summed E-state index contributed by atoms with van der Waals surface area (Å²) in [4.78, 5) is 24.1. The zero-order chi connectivity index (χ0) is 16.6. The highest BCUT2D eigenvalue weighted by Crippen LogP contribution is 2.44. The molecule has 2 saturated heterocycles. The number of carboxylic acid groups (broad SMARTS) is 1. The largest absolute Gasteiger partial charge is 0.497 e. The van der Waals surface area contributed by atoms with Gasteiger partial charge in [-0.25, -0.2) is 0 Å². The minimum atomic E-state index is -0.991. The number of amides is 1. The Bertz CT molecular complexity index is 631. The lowest BCUT2D eigenvalue weighted by Crippen LogP contribution is -2.41. The summed E-state index contributed by atoms with van der Waals surface area (Å²) in [6.45, 7) is 0. The molecular weight excluding hydrogens is 302 g/mol. The van der Waals surface area contributed by atoms with Crippen molar-refractivity contribution < 1.29 is 28.9 Å². The lowest BCUT2D eigenvalue weighted by molar-refractivity contribution is -0.147. The summed E-state index contributed by atoms with van der Waals surface area (Å²) in [5.74, 6) is -1.80. The molecule has 2 bridgehead atoms. The van der Waals surface area contributed by atoms with E-state index in [4.69, 9.17) is 14.2 Å². The van der Waals surface area contributed by atoms with E-state index in [1.165, 1.54) is 14.2 Å². The molecule has 0 saturated carbocycles. The number of hydrogen-bond acceptors (Lipinski definition) is 5. The standard InChI is InChI=1S/C16H19NO6/c1-21-8-3-4-10(22-2)9(7-8)17-15(18)13-11-5-6-12(23-11)14(13)16(19)20/h3-4,7,11-14H,5-6H2,1-2H3,(H,17,18)(H,19,20)/t11-,12+,13+,14+/m1/s1. The second-order valence-corrected chi connectivity index (χ2v) is 5.74. The molecule has 7 heteroatoms. The van der Waals surface area contributed by atoms with Crippen LogP contribution in [0.25, 0.3) is 0 Å². The third-order valence-corrected chi connectivity index (χ3v) is 4.53. The first-order valence-corrected chi connectivity index (χ1v) is 7.46. The molecule has 2 fully saturated rings. The van der Waals surface area contributed by atoms with Crippen molar-refractivity contribution in [2.75, 3.05) is 19.5 Å². The van der Waals surface area contributed by atoms with Crippen LogP contribution in [-0.2, 0) is 14.3 Å². The summed E-state index contributed by atoms with van der Waals surface area (Å²) in [6, 6.07) is 5.04. The van der Waals surface area contributed by atoms with Crippen LogP contribution in [0.4, 0.5) is 5.69 Å². The molecular formula is C16H19NO6.